The largest absolute Gasteiger partial charge is 0.324 e. The van der Waals surface area contributed by atoms with Crippen molar-refractivity contribution in [2.24, 2.45) is 22.7 Å². The molecule has 1 aromatic heterocycles. The highest BCUT2D eigenvalue weighted by atomic mass is 16.2. The van der Waals surface area contributed by atoms with Crippen molar-refractivity contribution in [3.63, 3.8) is 0 Å². The predicted molar refractivity (Wildman–Crippen MR) is 99.5 cm³/mol. The van der Waals surface area contributed by atoms with Crippen molar-refractivity contribution in [2.75, 3.05) is 10.6 Å². The number of nitrogens with one attached hydrogen (secondary N) is 2. The number of nitrogens with zero attached hydrogens (tertiary/aromatic N) is 1. The van der Waals surface area contributed by atoms with E-state index in [1.165, 1.54) is 25.7 Å². The molecule has 2 N–H and O–H groups in total. The first kappa shape index (κ1) is 16.3. The van der Waals surface area contributed by atoms with Crippen molar-refractivity contribution >= 4 is 23.2 Å². The normalized spacial score (nSPS) is 37.1. The molecule has 4 bridgehead atoms. The van der Waals surface area contributed by atoms with Crippen molar-refractivity contribution in [3.8, 4) is 0 Å². The molecular formula is C21H27N3O2. The fourth-order valence-corrected chi connectivity index (χ4v) is 6.13. The second kappa shape index (κ2) is 5.80. The maximum Gasteiger partial charge on any atom is 0.230 e. The Labute approximate surface area is 154 Å². The number of amides is 2. The van der Waals surface area contributed by atoms with Crippen molar-refractivity contribution < 1.29 is 9.59 Å². The summed E-state index contributed by atoms with van der Waals surface area (Å²) in [5.74, 6) is 1.75. The molecule has 0 atom stereocenters. The molecule has 4 aliphatic carbocycles. The van der Waals surface area contributed by atoms with Crippen LogP contribution >= 0.6 is 0 Å². The second-order valence-electron chi connectivity index (χ2n) is 9.23. The molecule has 0 radical (unpaired) electrons. The van der Waals surface area contributed by atoms with E-state index in [-0.39, 0.29) is 22.6 Å². The van der Waals surface area contributed by atoms with Crippen LogP contribution in [-0.2, 0) is 9.59 Å². The number of carbonyl (C=O) groups excluding carboxylic acids is 2. The lowest BCUT2D eigenvalue weighted by Crippen LogP contribution is -2.33. The number of hydrogen-bond donors (Lipinski definition) is 2. The van der Waals surface area contributed by atoms with E-state index in [0.717, 1.165) is 50.4 Å². The first-order valence-corrected chi connectivity index (χ1v) is 10.2. The van der Waals surface area contributed by atoms with Gasteiger partial charge < -0.3 is 10.6 Å². The zero-order chi connectivity index (χ0) is 17.8. The predicted octanol–water partition coefficient (Wildman–Crippen LogP) is 4.12. The fraction of sp³-hybridized carbons (Fsp3) is 0.667. The Morgan fingerprint density at radius 1 is 0.808 bits per heavy atom. The molecule has 4 fully saturated rings. The van der Waals surface area contributed by atoms with Crippen LogP contribution in [0.4, 0.5) is 11.4 Å². The zero-order valence-electron chi connectivity index (χ0n) is 15.2. The molecule has 26 heavy (non-hydrogen) atoms. The number of anilines is 2. The number of pyridine rings is 1. The molecule has 5 heteroatoms. The lowest BCUT2D eigenvalue weighted by molar-refractivity contribution is -0.125. The maximum atomic E-state index is 12.8. The highest BCUT2D eigenvalue weighted by Crippen LogP contribution is 2.55. The molecule has 5 nitrogen and oxygen atoms in total. The van der Waals surface area contributed by atoms with E-state index >= 15 is 0 Å². The van der Waals surface area contributed by atoms with E-state index in [1.807, 2.05) is 6.07 Å². The third-order valence-electron chi connectivity index (χ3n) is 7.70. The van der Waals surface area contributed by atoms with Gasteiger partial charge in [-0.15, -0.1) is 0 Å². The standard InChI is InChI=1S/C21H27N3O2/c25-18(20-5-1-14(10-20)2-6-20)23-16-9-17(13-22-12-16)24-19(26)21-7-3-15(11-21)4-8-21/h9,12-15H,1-8,10-11H2,(H,23,25)(H,24,26). The topological polar surface area (TPSA) is 71.1 Å². The van der Waals surface area contributed by atoms with Crippen molar-refractivity contribution in [1.82, 2.24) is 4.98 Å². The molecule has 0 unspecified atom stereocenters. The van der Waals surface area contributed by atoms with E-state index < -0.39 is 0 Å². The number of aromatic nitrogens is 1. The van der Waals surface area contributed by atoms with Gasteiger partial charge >= 0.3 is 0 Å². The summed E-state index contributed by atoms with van der Waals surface area (Å²) < 4.78 is 0. The average Bonchev–Trinajstić information content (AvgIpc) is 3.43. The molecule has 4 saturated carbocycles. The van der Waals surface area contributed by atoms with Gasteiger partial charge in [0.2, 0.25) is 11.8 Å². The number of fused-ring (bicyclic) bond motifs is 4. The Kier molecular flexibility index (Phi) is 3.63. The minimum absolute atomic E-state index is 0.135. The first-order chi connectivity index (χ1) is 12.6. The van der Waals surface area contributed by atoms with Gasteiger partial charge in [0.1, 0.15) is 0 Å². The van der Waals surface area contributed by atoms with Crippen LogP contribution in [0.1, 0.15) is 64.2 Å². The molecule has 4 aliphatic rings. The third-order valence-corrected chi connectivity index (χ3v) is 7.70. The van der Waals surface area contributed by atoms with Gasteiger partial charge in [0, 0.05) is 10.8 Å². The Morgan fingerprint density at radius 3 is 1.58 bits per heavy atom. The van der Waals surface area contributed by atoms with E-state index in [1.54, 1.807) is 12.4 Å². The third kappa shape index (κ3) is 2.55. The summed E-state index contributed by atoms with van der Waals surface area (Å²) in [6.45, 7) is 0. The Balaban J connectivity index is 1.27. The van der Waals surface area contributed by atoms with Crippen LogP contribution in [0.15, 0.2) is 18.5 Å². The quantitative estimate of drug-likeness (QED) is 0.855. The second-order valence-corrected chi connectivity index (χ2v) is 9.23. The Bertz CT molecular complexity index is 684. The molecule has 2 amide bonds. The van der Waals surface area contributed by atoms with Gasteiger partial charge in [0.25, 0.3) is 0 Å². The van der Waals surface area contributed by atoms with Gasteiger partial charge in [0.05, 0.1) is 23.8 Å². The van der Waals surface area contributed by atoms with Gasteiger partial charge in [-0.25, -0.2) is 0 Å². The molecule has 1 aromatic rings. The summed E-state index contributed by atoms with van der Waals surface area (Å²) in [7, 11) is 0. The van der Waals surface area contributed by atoms with Gasteiger partial charge in [-0.1, -0.05) is 0 Å². The van der Waals surface area contributed by atoms with E-state index in [9.17, 15) is 9.59 Å². The van der Waals surface area contributed by atoms with Crippen LogP contribution in [0.3, 0.4) is 0 Å². The number of hydrogen-bond acceptors (Lipinski definition) is 3. The smallest absolute Gasteiger partial charge is 0.230 e. The molecule has 1 heterocycles. The van der Waals surface area contributed by atoms with E-state index in [0.29, 0.717) is 11.4 Å². The number of carbonyl (C=O) groups is 2. The molecule has 0 saturated heterocycles. The molecule has 0 aliphatic heterocycles. The van der Waals surface area contributed by atoms with Gasteiger partial charge in [-0.3, -0.25) is 14.6 Å². The molecule has 0 spiro atoms. The van der Waals surface area contributed by atoms with Crippen LogP contribution in [0, 0.1) is 22.7 Å². The summed E-state index contributed by atoms with van der Waals surface area (Å²) in [4.78, 5) is 29.9. The van der Waals surface area contributed by atoms with Crippen LogP contribution in [-0.4, -0.2) is 16.8 Å². The summed E-state index contributed by atoms with van der Waals surface area (Å²) in [5, 5.41) is 6.13. The summed E-state index contributed by atoms with van der Waals surface area (Å²) in [6, 6.07) is 1.85. The lowest BCUT2D eigenvalue weighted by atomic mass is 9.83. The van der Waals surface area contributed by atoms with Crippen molar-refractivity contribution in [1.29, 1.82) is 0 Å². The zero-order valence-corrected chi connectivity index (χ0v) is 15.2. The summed E-state index contributed by atoms with van der Waals surface area (Å²) >= 11 is 0. The van der Waals surface area contributed by atoms with E-state index in [2.05, 4.69) is 15.6 Å². The van der Waals surface area contributed by atoms with Crippen LogP contribution in [0.2, 0.25) is 0 Å². The Hall–Kier alpha value is -1.91. The van der Waals surface area contributed by atoms with Crippen LogP contribution in [0.5, 0.6) is 0 Å². The molecule has 5 rings (SSSR count). The van der Waals surface area contributed by atoms with Crippen molar-refractivity contribution in [3.05, 3.63) is 18.5 Å². The first-order valence-electron chi connectivity index (χ1n) is 10.2. The SMILES string of the molecule is O=C(Nc1cncc(NC(=O)C23CCC(CC2)C3)c1)C12CCC(CC1)C2. The molecular weight excluding hydrogens is 326 g/mol. The monoisotopic (exact) mass is 353 g/mol. The van der Waals surface area contributed by atoms with E-state index in [4.69, 9.17) is 0 Å². The minimum Gasteiger partial charge on any atom is -0.324 e. The fourth-order valence-electron chi connectivity index (χ4n) is 6.13. The lowest BCUT2D eigenvalue weighted by Gasteiger charge is -2.26. The minimum atomic E-state index is -0.161. The van der Waals surface area contributed by atoms with Gasteiger partial charge in [0.15, 0.2) is 0 Å². The molecule has 138 valence electrons. The highest BCUT2D eigenvalue weighted by molar-refractivity contribution is 5.98. The number of rotatable bonds is 4. The molecule has 0 aromatic carbocycles. The van der Waals surface area contributed by atoms with Gasteiger partial charge in [-0.05, 0) is 82.1 Å². The van der Waals surface area contributed by atoms with Gasteiger partial charge in [-0.2, -0.15) is 0 Å². The van der Waals surface area contributed by atoms with Crippen molar-refractivity contribution in [2.45, 2.75) is 64.2 Å². The summed E-state index contributed by atoms with van der Waals surface area (Å²) in [6.07, 6.45) is 14.2. The van der Waals surface area contributed by atoms with Crippen LogP contribution < -0.4 is 10.6 Å². The highest BCUT2D eigenvalue weighted by Gasteiger charge is 2.51. The maximum absolute atomic E-state index is 12.8. The average molecular weight is 353 g/mol. The van der Waals surface area contributed by atoms with Crippen LogP contribution in [0.25, 0.3) is 0 Å². The Morgan fingerprint density at radius 2 is 1.23 bits per heavy atom. The summed E-state index contributed by atoms with van der Waals surface area (Å²) in [5.41, 5.74) is 1.05.